The Hall–Kier alpha value is -1.01. The number of nitrogens with one attached hydrogen (secondary N) is 1. The van der Waals surface area contributed by atoms with Crippen molar-refractivity contribution in [1.82, 2.24) is 5.32 Å². The van der Waals surface area contributed by atoms with Crippen molar-refractivity contribution in [3.05, 3.63) is 0 Å². The number of carbonyl (C=O) groups is 1. The second-order valence-corrected chi connectivity index (χ2v) is 4.65. The van der Waals surface area contributed by atoms with Crippen LogP contribution in [0.1, 0.15) is 45.4 Å². The average Bonchev–Trinajstić information content (AvgIpc) is 2.36. The van der Waals surface area contributed by atoms with Gasteiger partial charge in [-0.15, -0.1) is 6.42 Å². The van der Waals surface area contributed by atoms with E-state index >= 15 is 0 Å². The molecular weight excluding hydrogens is 200 g/mol. The van der Waals surface area contributed by atoms with Crippen LogP contribution in [-0.4, -0.2) is 18.5 Å². The van der Waals surface area contributed by atoms with E-state index in [2.05, 4.69) is 11.2 Å². The van der Waals surface area contributed by atoms with Gasteiger partial charge in [0.05, 0.1) is 11.5 Å². The number of terminal acetylenes is 1. The molecule has 1 rings (SSSR count). The third-order valence-corrected chi connectivity index (χ3v) is 3.60. The maximum Gasteiger partial charge on any atom is 0.228 e. The predicted octanol–water partition coefficient (Wildman–Crippen LogP) is 1.42. The number of hydrogen-bond acceptors (Lipinski definition) is 2. The highest BCUT2D eigenvalue weighted by atomic mass is 16.2. The third kappa shape index (κ3) is 2.76. The topological polar surface area (TPSA) is 55.1 Å². The number of rotatable bonds is 4. The number of nitrogens with two attached hydrogens (primary N) is 1. The molecule has 1 aliphatic rings. The largest absolute Gasteiger partial charge is 0.342 e. The van der Waals surface area contributed by atoms with Crippen LogP contribution in [0, 0.1) is 17.8 Å². The van der Waals surface area contributed by atoms with E-state index < -0.39 is 0 Å². The van der Waals surface area contributed by atoms with Crippen molar-refractivity contribution in [1.29, 1.82) is 0 Å². The van der Waals surface area contributed by atoms with Crippen LogP contribution in [0.5, 0.6) is 0 Å². The lowest BCUT2D eigenvalue weighted by Gasteiger charge is -2.35. The van der Waals surface area contributed by atoms with Crippen LogP contribution in [0.15, 0.2) is 0 Å². The van der Waals surface area contributed by atoms with Gasteiger partial charge in [-0.1, -0.05) is 32.1 Å². The molecule has 0 heterocycles. The Morgan fingerprint density at radius 1 is 1.50 bits per heavy atom. The van der Waals surface area contributed by atoms with E-state index in [0.29, 0.717) is 6.54 Å². The zero-order valence-electron chi connectivity index (χ0n) is 10.1. The van der Waals surface area contributed by atoms with Gasteiger partial charge < -0.3 is 11.1 Å². The fourth-order valence-electron chi connectivity index (χ4n) is 2.33. The van der Waals surface area contributed by atoms with E-state index in [9.17, 15) is 4.79 Å². The van der Waals surface area contributed by atoms with Crippen LogP contribution < -0.4 is 11.1 Å². The summed E-state index contributed by atoms with van der Waals surface area (Å²) >= 11 is 0. The fourth-order valence-corrected chi connectivity index (χ4v) is 2.33. The smallest absolute Gasteiger partial charge is 0.228 e. The molecule has 3 heteroatoms. The van der Waals surface area contributed by atoms with Gasteiger partial charge in [0.15, 0.2) is 0 Å². The first-order valence-electron chi connectivity index (χ1n) is 6.15. The van der Waals surface area contributed by atoms with Crippen molar-refractivity contribution < 1.29 is 4.79 Å². The van der Waals surface area contributed by atoms with Crippen LogP contribution >= 0.6 is 0 Å². The minimum Gasteiger partial charge on any atom is -0.342 e. The minimum absolute atomic E-state index is 0.0551. The summed E-state index contributed by atoms with van der Waals surface area (Å²) in [6.07, 6.45) is 11.3. The van der Waals surface area contributed by atoms with E-state index in [-0.39, 0.29) is 17.4 Å². The Bertz CT molecular complexity index is 274. The number of carbonyl (C=O) groups excluding carboxylic acids is 1. The van der Waals surface area contributed by atoms with E-state index in [1.54, 1.807) is 0 Å². The molecule has 90 valence electrons. The van der Waals surface area contributed by atoms with Crippen LogP contribution in [-0.2, 0) is 4.79 Å². The Morgan fingerprint density at radius 3 is 2.56 bits per heavy atom. The lowest BCUT2D eigenvalue weighted by molar-refractivity contribution is -0.132. The van der Waals surface area contributed by atoms with Crippen LogP contribution in [0.3, 0.4) is 0 Å². The Morgan fingerprint density at radius 2 is 2.12 bits per heavy atom. The van der Waals surface area contributed by atoms with Gasteiger partial charge in [0.1, 0.15) is 0 Å². The summed E-state index contributed by atoms with van der Waals surface area (Å²) in [7, 11) is 0. The van der Waals surface area contributed by atoms with Gasteiger partial charge >= 0.3 is 0 Å². The molecule has 0 radical (unpaired) electrons. The fraction of sp³-hybridized carbons (Fsp3) is 0.769. The normalized spacial score (nSPS) is 20.8. The molecule has 3 nitrogen and oxygen atoms in total. The van der Waals surface area contributed by atoms with Gasteiger partial charge in [-0.3, -0.25) is 4.79 Å². The van der Waals surface area contributed by atoms with Crippen molar-refractivity contribution in [2.24, 2.45) is 11.1 Å². The molecule has 1 saturated carbocycles. The zero-order chi connectivity index (χ0) is 12.0. The van der Waals surface area contributed by atoms with E-state index in [4.69, 9.17) is 12.2 Å². The minimum atomic E-state index is -0.359. The highest BCUT2D eigenvalue weighted by molar-refractivity contribution is 5.83. The van der Waals surface area contributed by atoms with Gasteiger partial charge in [0, 0.05) is 6.54 Å². The first-order valence-corrected chi connectivity index (χ1v) is 6.15. The summed E-state index contributed by atoms with van der Waals surface area (Å²) < 4.78 is 0. The standard InChI is InChI=1S/C13H22N2O/c1-3-11(4-2)15-12(16)13(10-14)8-6-5-7-9-13/h1,11H,4-10,14H2,2H3,(H,15,16). The van der Waals surface area contributed by atoms with E-state index in [0.717, 1.165) is 32.1 Å². The van der Waals surface area contributed by atoms with Gasteiger partial charge in [-0.2, -0.15) is 0 Å². The van der Waals surface area contributed by atoms with Crippen LogP contribution in [0.4, 0.5) is 0 Å². The van der Waals surface area contributed by atoms with Crippen molar-refractivity contribution >= 4 is 5.91 Å². The molecule has 3 N–H and O–H groups in total. The molecule has 1 aliphatic carbocycles. The molecule has 0 bridgehead atoms. The van der Waals surface area contributed by atoms with Gasteiger partial charge in [-0.25, -0.2) is 0 Å². The third-order valence-electron chi connectivity index (χ3n) is 3.60. The Kier molecular flexibility index (Phi) is 4.82. The van der Waals surface area contributed by atoms with Crippen LogP contribution in [0.2, 0.25) is 0 Å². The van der Waals surface area contributed by atoms with Crippen molar-refractivity contribution in [3.8, 4) is 12.3 Å². The Labute approximate surface area is 98.2 Å². The average molecular weight is 222 g/mol. The summed E-state index contributed by atoms with van der Waals surface area (Å²) in [6, 6.07) is -0.155. The summed E-state index contributed by atoms with van der Waals surface area (Å²) in [4.78, 5) is 12.2. The quantitative estimate of drug-likeness (QED) is 0.707. The molecule has 0 aliphatic heterocycles. The second-order valence-electron chi connectivity index (χ2n) is 4.65. The molecule has 0 aromatic rings. The zero-order valence-corrected chi connectivity index (χ0v) is 10.1. The molecule has 0 aromatic carbocycles. The lowest BCUT2D eigenvalue weighted by Crippen LogP contribution is -2.49. The first-order chi connectivity index (χ1) is 7.68. The monoisotopic (exact) mass is 222 g/mol. The number of hydrogen-bond donors (Lipinski definition) is 2. The van der Waals surface area contributed by atoms with Gasteiger partial charge in [0.25, 0.3) is 0 Å². The van der Waals surface area contributed by atoms with Gasteiger partial charge in [0.2, 0.25) is 5.91 Å². The molecule has 0 spiro atoms. The molecule has 1 amide bonds. The van der Waals surface area contributed by atoms with Crippen molar-refractivity contribution in [2.75, 3.05) is 6.54 Å². The second kappa shape index (κ2) is 5.91. The highest BCUT2D eigenvalue weighted by Crippen LogP contribution is 2.35. The predicted molar refractivity (Wildman–Crippen MR) is 65.6 cm³/mol. The molecule has 16 heavy (non-hydrogen) atoms. The molecule has 0 aromatic heterocycles. The van der Waals surface area contributed by atoms with Crippen molar-refractivity contribution in [3.63, 3.8) is 0 Å². The highest BCUT2D eigenvalue weighted by Gasteiger charge is 2.38. The van der Waals surface area contributed by atoms with Gasteiger partial charge in [-0.05, 0) is 19.3 Å². The summed E-state index contributed by atoms with van der Waals surface area (Å²) in [5.41, 5.74) is 5.43. The molecule has 1 fully saturated rings. The Balaban J connectivity index is 2.65. The summed E-state index contributed by atoms with van der Waals surface area (Å²) in [5.74, 6) is 2.65. The maximum absolute atomic E-state index is 12.2. The SMILES string of the molecule is C#CC(CC)NC(=O)C1(CN)CCCCC1. The van der Waals surface area contributed by atoms with E-state index in [1.165, 1.54) is 6.42 Å². The lowest BCUT2D eigenvalue weighted by atomic mass is 9.73. The maximum atomic E-state index is 12.2. The van der Waals surface area contributed by atoms with E-state index in [1.807, 2.05) is 6.92 Å². The number of amides is 1. The molecule has 1 unspecified atom stereocenters. The van der Waals surface area contributed by atoms with Crippen molar-refractivity contribution in [2.45, 2.75) is 51.5 Å². The molecule has 1 atom stereocenters. The summed E-state index contributed by atoms with van der Waals surface area (Å²) in [6.45, 7) is 2.40. The first kappa shape index (κ1) is 13.1. The molecule has 0 saturated heterocycles. The molecular formula is C13H22N2O. The summed E-state index contributed by atoms with van der Waals surface area (Å²) in [5, 5.41) is 2.92. The van der Waals surface area contributed by atoms with Crippen LogP contribution in [0.25, 0.3) is 0 Å².